The number of nitrogens with two attached hydrogens (primary N) is 2. The quantitative estimate of drug-likeness (QED) is 0.128. The number of hydrogen-bond acceptors (Lipinski definition) is 8. The van der Waals surface area contributed by atoms with Gasteiger partial charge in [-0.1, -0.05) is 38.8 Å². The molecule has 9 N–H and O–H groups in total. The maximum absolute atomic E-state index is 13.3. The van der Waals surface area contributed by atoms with E-state index in [4.69, 9.17) is 11.5 Å². The van der Waals surface area contributed by atoms with Crippen LogP contribution in [0.1, 0.15) is 51.5 Å². The van der Waals surface area contributed by atoms with Crippen molar-refractivity contribution < 1.29 is 29.4 Å². The molecule has 0 bridgehead atoms. The molecule has 5 atom stereocenters. The molecule has 11 nitrogen and oxygen atoms in total. The summed E-state index contributed by atoms with van der Waals surface area (Å²) >= 11 is 1.50. The number of carboxylic acid groups (broad SMARTS) is 1. The predicted octanol–water partition coefficient (Wildman–Crippen LogP) is 0.729. The van der Waals surface area contributed by atoms with Crippen molar-refractivity contribution in [3.05, 3.63) is 29.8 Å². The van der Waals surface area contributed by atoms with Crippen molar-refractivity contribution in [2.75, 3.05) is 18.6 Å². The lowest BCUT2D eigenvalue weighted by atomic mass is 9.98. The van der Waals surface area contributed by atoms with Crippen molar-refractivity contribution in [3.8, 4) is 5.75 Å². The van der Waals surface area contributed by atoms with Gasteiger partial charge < -0.3 is 37.6 Å². The van der Waals surface area contributed by atoms with E-state index < -0.39 is 47.9 Å². The van der Waals surface area contributed by atoms with Gasteiger partial charge in [0.25, 0.3) is 0 Å². The van der Waals surface area contributed by atoms with Gasteiger partial charge in [-0.2, -0.15) is 11.8 Å². The van der Waals surface area contributed by atoms with Crippen LogP contribution in [-0.4, -0.2) is 76.6 Å². The highest BCUT2D eigenvalue weighted by molar-refractivity contribution is 7.98. The fraction of sp³-hybridized carbons (Fsp3) is 0.615. The van der Waals surface area contributed by atoms with Crippen molar-refractivity contribution in [2.24, 2.45) is 17.4 Å². The van der Waals surface area contributed by atoms with E-state index in [2.05, 4.69) is 16.0 Å². The number of hydrogen-bond donors (Lipinski definition) is 7. The van der Waals surface area contributed by atoms with Crippen LogP contribution in [0.2, 0.25) is 0 Å². The molecule has 0 saturated carbocycles. The number of nitrogens with one attached hydrogen (secondary N) is 3. The highest BCUT2D eigenvalue weighted by atomic mass is 32.2. The standard InChI is InChI=1S/C26H43N5O6S/c1-4-16(2)22(26(36)37)31-25(35)21(15-17-8-10-18(32)11-9-17)30-24(34)20(12-14-38-3)29-23(33)19(28)7-5-6-13-27/h8-11,16,19-22,32H,4-7,12-15,27-28H2,1-3H3,(H,29,33)(H,30,34)(H,31,35)(H,36,37). The lowest BCUT2D eigenvalue weighted by molar-refractivity contribution is -0.143. The largest absolute Gasteiger partial charge is 0.508 e. The Kier molecular flexibility index (Phi) is 15.4. The molecule has 38 heavy (non-hydrogen) atoms. The molecule has 0 fully saturated rings. The molecule has 1 rings (SSSR count). The zero-order valence-corrected chi connectivity index (χ0v) is 23.3. The Labute approximate surface area is 228 Å². The van der Waals surface area contributed by atoms with Crippen LogP contribution in [0.15, 0.2) is 24.3 Å². The fourth-order valence-electron chi connectivity index (χ4n) is 3.71. The normalized spacial score (nSPS) is 15.0. The van der Waals surface area contributed by atoms with E-state index in [1.807, 2.05) is 13.2 Å². The van der Waals surface area contributed by atoms with Crippen molar-refractivity contribution in [1.29, 1.82) is 0 Å². The average molecular weight is 554 g/mol. The summed E-state index contributed by atoms with van der Waals surface area (Å²) in [6.45, 7) is 4.04. The van der Waals surface area contributed by atoms with Crippen LogP contribution in [0, 0.1) is 5.92 Å². The van der Waals surface area contributed by atoms with Crippen LogP contribution in [0.3, 0.4) is 0 Å². The van der Waals surface area contributed by atoms with Gasteiger partial charge in [0.05, 0.1) is 6.04 Å². The van der Waals surface area contributed by atoms with Gasteiger partial charge in [0.1, 0.15) is 23.9 Å². The number of carbonyl (C=O) groups excluding carboxylic acids is 3. The average Bonchev–Trinajstić information content (AvgIpc) is 2.89. The number of aliphatic carboxylic acids is 1. The molecular formula is C26H43N5O6S. The lowest BCUT2D eigenvalue weighted by Gasteiger charge is -2.26. The molecule has 5 unspecified atom stereocenters. The molecule has 0 spiro atoms. The van der Waals surface area contributed by atoms with Crippen LogP contribution >= 0.6 is 11.8 Å². The van der Waals surface area contributed by atoms with Gasteiger partial charge in [0, 0.05) is 6.42 Å². The first-order chi connectivity index (χ1) is 18.0. The maximum Gasteiger partial charge on any atom is 0.326 e. The number of phenols is 1. The molecule has 0 aliphatic rings. The molecule has 1 aromatic rings. The Morgan fingerprint density at radius 2 is 1.55 bits per heavy atom. The topological polar surface area (TPSA) is 197 Å². The first-order valence-electron chi connectivity index (χ1n) is 12.9. The van der Waals surface area contributed by atoms with E-state index in [1.165, 1.54) is 23.9 Å². The second kappa shape index (κ2) is 17.6. The second-order valence-electron chi connectivity index (χ2n) is 9.38. The van der Waals surface area contributed by atoms with Gasteiger partial charge in [-0.3, -0.25) is 14.4 Å². The number of thioether (sulfide) groups is 1. The Bertz CT molecular complexity index is 901. The van der Waals surface area contributed by atoms with Gasteiger partial charge in [-0.05, 0) is 61.4 Å². The minimum Gasteiger partial charge on any atom is -0.508 e. The Balaban J connectivity index is 3.11. The summed E-state index contributed by atoms with van der Waals surface area (Å²) in [4.78, 5) is 51.0. The van der Waals surface area contributed by atoms with E-state index in [1.54, 1.807) is 19.1 Å². The van der Waals surface area contributed by atoms with Crippen molar-refractivity contribution in [2.45, 2.75) is 76.5 Å². The van der Waals surface area contributed by atoms with Crippen LogP contribution < -0.4 is 27.4 Å². The lowest BCUT2D eigenvalue weighted by Crippen LogP contribution is -2.58. The summed E-state index contributed by atoms with van der Waals surface area (Å²) in [5.74, 6) is -2.59. The van der Waals surface area contributed by atoms with E-state index in [-0.39, 0.29) is 18.1 Å². The molecule has 214 valence electrons. The van der Waals surface area contributed by atoms with Gasteiger partial charge in [0.15, 0.2) is 0 Å². The summed E-state index contributed by atoms with van der Waals surface area (Å²) in [5, 5.41) is 27.2. The molecule has 3 amide bonds. The second-order valence-corrected chi connectivity index (χ2v) is 10.4. The van der Waals surface area contributed by atoms with Crippen molar-refractivity contribution in [1.82, 2.24) is 16.0 Å². The molecule has 12 heteroatoms. The van der Waals surface area contributed by atoms with Crippen LogP contribution in [0.5, 0.6) is 5.75 Å². The van der Waals surface area contributed by atoms with Crippen LogP contribution in [0.25, 0.3) is 0 Å². The number of carboxylic acids is 1. The fourth-order valence-corrected chi connectivity index (χ4v) is 4.18. The third-order valence-corrected chi connectivity index (χ3v) is 6.98. The van der Waals surface area contributed by atoms with Gasteiger partial charge in [0.2, 0.25) is 17.7 Å². The van der Waals surface area contributed by atoms with Gasteiger partial charge in [-0.15, -0.1) is 0 Å². The zero-order chi connectivity index (χ0) is 28.7. The molecular weight excluding hydrogens is 510 g/mol. The number of unbranched alkanes of at least 4 members (excludes halogenated alkanes) is 1. The highest BCUT2D eigenvalue weighted by Gasteiger charge is 2.32. The summed E-state index contributed by atoms with van der Waals surface area (Å²) in [7, 11) is 0. The van der Waals surface area contributed by atoms with Crippen molar-refractivity contribution in [3.63, 3.8) is 0 Å². The molecule has 0 aromatic heterocycles. The molecule has 0 aliphatic heterocycles. The molecule has 0 aliphatic carbocycles. The van der Waals surface area contributed by atoms with E-state index in [0.29, 0.717) is 43.5 Å². The summed E-state index contributed by atoms with van der Waals surface area (Å²) < 4.78 is 0. The number of amides is 3. The Morgan fingerprint density at radius 1 is 0.947 bits per heavy atom. The smallest absolute Gasteiger partial charge is 0.326 e. The number of aromatic hydroxyl groups is 1. The summed E-state index contributed by atoms with van der Waals surface area (Å²) in [6.07, 6.45) is 4.61. The van der Waals surface area contributed by atoms with Crippen LogP contribution in [-0.2, 0) is 25.6 Å². The zero-order valence-electron chi connectivity index (χ0n) is 22.4. The number of rotatable bonds is 18. The molecule has 0 radical (unpaired) electrons. The summed E-state index contributed by atoms with van der Waals surface area (Å²) in [5.41, 5.74) is 12.1. The predicted molar refractivity (Wildman–Crippen MR) is 149 cm³/mol. The van der Waals surface area contributed by atoms with Crippen molar-refractivity contribution >= 4 is 35.5 Å². The van der Waals surface area contributed by atoms with Crippen LogP contribution in [0.4, 0.5) is 0 Å². The van der Waals surface area contributed by atoms with Gasteiger partial charge >= 0.3 is 5.97 Å². The van der Waals surface area contributed by atoms with E-state index >= 15 is 0 Å². The first-order valence-corrected chi connectivity index (χ1v) is 14.3. The van der Waals surface area contributed by atoms with E-state index in [0.717, 1.165) is 6.42 Å². The maximum atomic E-state index is 13.3. The first kappa shape index (κ1) is 33.2. The SMILES string of the molecule is CCC(C)C(NC(=O)C(Cc1ccc(O)cc1)NC(=O)C(CCSC)NC(=O)C(N)CCCCN)C(=O)O. The number of phenolic OH excluding ortho intramolecular Hbond substituents is 1. The molecule has 1 aromatic carbocycles. The third kappa shape index (κ3) is 11.7. The molecule has 0 heterocycles. The Hall–Kier alpha value is -2.83. The number of carbonyl (C=O) groups is 4. The molecule has 0 saturated heterocycles. The Morgan fingerprint density at radius 3 is 2.11 bits per heavy atom. The summed E-state index contributed by atoms with van der Waals surface area (Å²) in [6, 6.07) is 2.15. The number of benzene rings is 1. The van der Waals surface area contributed by atoms with Gasteiger partial charge in [-0.25, -0.2) is 4.79 Å². The highest BCUT2D eigenvalue weighted by Crippen LogP contribution is 2.14. The third-order valence-electron chi connectivity index (χ3n) is 6.34. The minimum atomic E-state index is -1.17. The minimum absolute atomic E-state index is 0.0455. The van der Waals surface area contributed by atoms with E-state index in [9.17, 15) is 29.4 Å². The monoisotopic (exact) mass is 553 g/mol.